The van der Waals surface area contributed by atoms with Gasteiger partial charge in [-0.3, -0.25) is 14.4 Å². The van der Waals surface area contributed by atoms with E-state index in [1.165, 1.54) is 18.9 Å². The van der Waals surface area contributed by atoms with Crippen LogP contribution in [0.2, 0.25) is 0 Å². The Kier molecular flexibility index (Phi) is 5.09. The number of hydrogen-bond donors (Lipinski definition) is 2. The summed E-state index contributed by atoms with van der Waals surface area (Å²) in [7, 11) is 1.53. The van der Waals surface area contributed by atoms with Crippen molar-refractivity contribution in [3.05, 3.63) is 54.6 Å². The summed E-state index contributed by atoms with van der Waals surface area (Å²) in [6.07, 6.45) is 0. The molecule has 2 N–H and O–H groups in total. The van der Waals surface area contributed by atoms with E-state index in [2.05, 4.69) is 10.6 Å². The van der Waals surface area contributed by atoms with E-state index in [-0.39, 0.29) is 5.91 Å². The number of carbonyl (C=O) groups excluding carboxylic acids is 3. The van der Waals surface area contributed by atoms with Crippen LogP contribution in [0.1, 0.15) is 6.92 Å². The first-order chi connectivity index (χ1) is 11.0. The summed E-state index contributed by atoms with van der Waals surface area (Å²) in [5, 5.41) is 5.14. The van der Waals surface area contributed by atoms with E-state index < -0.39 is 11.8 Å². The Balaban J connectivity index is 2.06. The highest BCUT2D eigenvalue weighted by Gasteiger charge is 2.20. The number of nitrogens with one attached hydrogen (secondary N) is 2. The zero-order valence-electron chi connectivity index (χ0n) is 12.9. The molecule has 0 fully saturated rings. The first-order valence-electron chi connectivity index (χ1n) is 6.99. The molecule has 0 aliphatic carbocycles. The molecule has 0 saturated heterocycles. The fourth-order valence-electron chi connectivity index (χ4n) is 1.98. The van der Waals surface area contributed by atoms with E-state index in [1.54, 1.807) is 48.5 Å². The Morgan fingerprint density at radius 2 is 1.48 bits per heavy atom. The largest absolute Gasteiger partial charge is 0.326 e. The minimum atomic E-state index is -0.753. The van der Waals surface area contributed by atoms with Gasteiger partial charge in [0.1, 0.15) is 0 Å². The minimum Gasteiger partial charge on any atom is -0.326 e. The molecule has 0 heterocycles. The normalized spacial score (nSPS) is 9.83. The lowest BCUT2D eigenvalue weighted by Gasteiger charge is -2.16. The summed E-state index contributed by atoms with van der Waals surface area (Å²) in [4.78, 5) is 36.5. The molecule has 6 nitrogen and oxygen atoms in total. The highest BCUT2D eigenvalue weighted by atomic mass is 16.2. The van der Waals surface area contributed by atoms with E-state index in [0.29, 0.717) is 17.1 Å². The molecule has 0 aliphatic heterocycles. The van der Waals surface area contributed by atoms with Crippen molar-refractivity contribution >= 4 is 34.8 Å². The summed E-state index contributed by atoms with van der Waals surface area (Å²) in [6, 6.07) is 15.5. The van der Waals surface area contributed by atoms with Crippen molar-refractivity contribution in [2.45, 2.75) is 6.92 Å². The number of carbonyl (C=O) groups is 3. The fourth-order valence-corrected chi connectivity index (χ4v) is 1.98. The summed E-state index contributed by atoms with van der Waals surface area (Å²) < 4.78 is 0. The Bertz CT molecular complexity index is 729. The molecule has 0 aliphatic rings. The third kappa shape index (κ3) is 4.41. The van der Waals surface area contributed by atoms with Crippen molar-refractivity contribution < 1.29 is 14.4 Å². The zero-order chi connectivity index (χ0) is 16.8. The number of anilines is 3. The Labute approximate surface area is 134 Å². The van der Waals surface area contributed by atoms with Gasteiger partial charge in [0.2, 0.25) is 5.91 Å². The van der Waals surface area contributed by atoms with E-state index >= 15 is 0 Å². The second-order valence-corrected chi connectivity index (χ2v) is 4.92. The molecule has 0 atom stereocenters. The number of hydrogen-bond acceptors (Lipinski definition) is 3. The molecule has 0 saturated carbocycles. The van der Waals surface area contributed by atoms with Gasteiger partial charge >= 0.3 is 11.8 Å². The van der Waals surface area contributed by atoms with Gasteiger partial charge in [0.05, 0.1) is 0 Å². The van der Waals surface area contributed by atoms with Gasteiger partial charge in [-0.05, 0) is 30.3 Å². The minimum absolute atomic E-state index is 0.214. The number of likely N-dealkylation sites (N-methyl/N-ethyl adjacent to an activating group) is 1. The molecule has 6 heteroatoms. The second kappa shape index (κ2) is 7.22. The second-order valence-electron chi connectivity index (χ2n) is 4.92. The van der Waals surface area contributed by atoms with Crippen LogP contribution in [0.3, 0.4) is 0 Å². The lowest BCUT2D eigenvalue weighted by atomic mass is 10.2. The summed E-state index contributed by atoms with van der Waals surface area (Å²) in [6.45, 7) is 1.39. The maximum absolute atomic E-state index is 12.2. The lowest BCUT2D eigenvalue weighted by molar-refractivity contribution is -0.134. The molecule has 0 aromatic heterocycles. The summed E-state index contributed by atoms with van der Waals surface area (Å²) in [5.41, 5.74) is 1.59. The van der Waals surface area contributed by atoms with Crippen LogP contribution in [0.15, 0.2) is 54.6 Å². The predicted octanol–water partition coefficient (Wildman–Crippen LogP) is 2.25. The maximum Gasteiger partial charge on any atom is 0.316 e. The van der Waals surface area contributed by atoms with Crippen molar-refractivity contribution in [2.75, 3.05) is 22.6 Å². The maximum atomic E-state index is 12.2. The van der Waals surface area contributed by atoms with Gasteiger partial charge in [0.15, 0.2) is 0 Å². The van der Waals surface area contributed by atoms with Gasteiger partial charge in [-0.2, -0.15) is 0 Å². The molecule has 0 spiro atoms. The van der Waals surface area contributed by atoms with Crippen LogP contribution in [-0.4, -0.2) is 24.8 Å². The molecule has 2 rings (SSSR count). The van der Waals surface area contributed by atoms with Crippen LogP contribution in [0, 0.1) is 0 Å². The van der Waals surface area contributed by atoms with E-state index in [4.69, 9.17) is 0 Å². The molecule has 0 unspecified atom stereocenters. The Hall–Kier alpha value is -3.15. The molecule has 118 valence electrons. The van der Waals surface area contributed by atoms with Crippen molar-refractivity contribution in [1.82, 2.24) is 0 Å². The van der Waals surface area contributed by atoms with Gasteiger partial charge in [0.25, 0.3) is 0 Å². The van der Waals surface area contributed by atoms with Gasteiger partial charge in [-0.1, -0.05) is 24.3 Å². The van der Waals surface area contributed by atoms with E-state index in [9.17, 15) is 14.4 Å². The van der Waals surface area contributed by atoms with Crippen molar-refractivity contribution in [3.63, 3.8) is 0 Å². The van der Waals surface area contributed by atoms with Crippen LogP contribution in [0.4, 0.5) is 17.1 Å². The van der Waals surface area contributed by atoms with Gasteiger partial charge < -0.3 is 15.5 Å². The quantitative estimate of drug-likeness (QED) is 0.853. The fraction of sp³-hybridized carbons (Fsp3) is 0.118. The van der Waals surface area contributed by atoms with Crippen LogP contribution >= 0.6 is 0 Å². The first-order valence-corrected chi connectivity index (χ1v) is 6.99. The van der Waals surface area contributed by atoms with Gasteiger partial charge in [0, 0.05) is 31.0 Å². The number of amides is 3. The predicted molar refractivity (Wildman–Crippen MR) is 89.2 cm³/mol. The summed E-state index contributed by atoms with van der Waals surface area (Å²) >= 11 is 0. The van der Waals surface area contributed by atoms with Crippen LogP contribution < -0.4 is 15.5 Å². The number of rotatable bonds is 3. The molecule has 0 bridgehead atoms. The number of para-hydroxylation sites is 1. The highest BCUT2D eigenvalue weighted by Crippen LogP contribution is 2.16. The smallest absolute Gasteiger partial charge is 0.316 e. The van der Waals surface area contributed by atoms with E-state index in [1.807, 2.05) is 6.07 Å². The van der Waals surface area contributed by atoms with Crippen molar-refractivity contribution in [1.29, 1.82) is 0 Å². The van der Waals surface area contributed by atoms with Crippen molar-refractivity contribution in [2.24, 2.45) is 0 Å². The molecule has 23 heavy (non-hydrogen) atoms. The first kappa shape index (κ1) is 16.2. The average molecular weight is 311 g/mol. The SMILES string of the molecule is CC(=O)Nc1cccc(NC(=O)C(=O)N(C)c2ccccc2)c1. The van der Waals surface area contributed by atoms with Crippen molar-refractivity contribution in [3.8, 4) is 0 Å². The Morgan fingerprint density at radius 1 is 0.870 bits per heavy atom. The lowest BCUT2D eigenvalue weighted by Crippen LogP contribution is -2.37. The molecule has 2 aromatic carbocycles. The van der Waals surface area contributed by atoms with Crippen LogP contribution in [-0.2, 0) is 14.4 Å². The topological polar surface area (TPSA) is 78.5 Å². The van der Waals surface area contributed by atoms with Crippen LogP contribution in [0.25, 0.3) is 0 Å². The zero-order valence-corrected chi connectivity index (χ0v) is 12.9. The number of nitrogens with zero attached hydrogens (tertiary/aromatic N) is 1. The van der Waals surface area contributed by atoms with Crippen LogP contribution in [0.5, 0.6) is 0 Å². The molecular weight excluding hydrogens is 294 g/mol. The molecule has 3 amide bonds. The monoisotopic (exact) mass is 311 g/mol. The molecular formula is C17H17N3O3. The third-order valence-electron chi connectivity index (χ3n) is 3.08. The molecule has 0 radical (unpaired) electrons. The molecule has 2 aromatic rings. The van der Waals surface area contributed by atoms with E-state index in [0.717, 1.165) is 0 Å². The van der Waals surface area contributed by atoms with Gasteiger partial charge in [-0.25, -0.2) is 0 Å². The Morgan fingerprint density at radius 3 is 2.09 bits per heavy atom. The highest BCUT2D eigenvalue weighted by molar-refractivity contribution is 6.44. The standard InChI is InChI=1S/C17H17N3O3/c1-12(21)18-13-7-6-8-14(11-13)19-16(22)17(23)20(2)15-9-4-3-5-10-15/h3-11H,1-2H3,(H,18,21)(H,19,22). The number of benzene rings is 2. The summed E-state index contributed by atoms with van der Waals surface area (Å²) in [5.74, 6) is -1.65. The average Bonchev–Trinajstić information content (AvgIpc) is 2.54. The third-order valence-corrected chi connectivity index (χ3v) is 3.08. The van der Waals surface area contributed by atoms with Gasteiger partial charge in [-0.15, -0.1) is 0 Å².